The normalized spacial score (nSPS) is 11.5. The van der Waals surface area contributed by atoms with Crippen LogP contribution in [0.25, 0.3) is 16.8 Å². The second kappa shape index (κ2) is 7.97. The summed E-state index contributed by atoms with van der Waals surface area (Å²) in [6.45, 7) is 3.28. The summed E-state index contributed by atoms with van der Waals surface area (Å²) in [4.78, 5) is 30.3. The molecule has 32 heavy (non-hydrogen) atoms. The molecule has 0 aliphatic heterocycles. The van der Waals surface area contributed by atoms with E-state index in [0.717, 1.165) is 15.6 Å². The highest BCUT2D eigenvalue weighted by Gasteiger charge is 2.27. The van der Waals surface area contributed by atoms with Gasteiger partial charge < -0.3 is 4.74 Å². The minimum Gasteiger partial charge on any atom is -0.495 e. The lowest BCUT2D eigenvalue weighted by molar-refractivity contribution is 0.0978. The van der Waals surface area contributed by atoms with Crippen LogP contribution in [0.2, 0.25) is 0 Å². The highest BCUT2D eigenvalue weighted by Crippen LogP contribution is 2.27. The van der Waals surface area contributed by atoms with Gasteiger partial charge in [-0.15, -0.1) is 0 Å². The number of carbonyl (C=O) groups is 1. The van der Waals surface area contributed by atoms with E-state index in [0.29, 0.717) is 11.3 Å². The number of rotatable bonds is 5. The first kappa shape index (κ1) is 21.3. The molecule has 9 nitrogen and oxygen atoms in total. The maximum absolute atomic E-state index is 13.1. The van der Waals surface area contributed by atoms with Crippen LogP contribution in [0.4, 0.5) is 0 Å². The average molecular weight is 452 g/mol. The van der Waals surface area contributed by atoms with Crippen molar-refractivity contribution in [1.29, 1.82) is 0 Å². The number of ether oxygens (including phenoxy) is 1. The number of aromatic amines is 1. The standard InChI is InChI=1S/C22H20N4O5S/c1-13-19(21(27)25-32(29,30)17-12-8-7-11-16(17)31-3)22(28)26-20(23-13)18(14(2)24-26)15-9-5-4-6-10-15/h4-12,24H,1-3H3,(H,25,27). The largest absolute Gasteiger partial charge is 0.495 e. The van der Waals surface area contributed by atoms with Crippen molar-refractivity contribution >= 4 is 21.6 Å². The lowest BCUT2D eigenvalue weighted by atomic mass is 10.1. The minimum atomic E-state index is -4.29. The number of hydrogen-bond donors (Lipinski definition) is 2. The zero-order valence-corrected chi connectivity index (χ0v) is 18.4. The Morgan fingerprint density at radius 1 is 1.06 bits per heavy atom. The van der Waals surface area contributed by atoms with Crippen LogP contribution < -0.4 is 15.0 Å². The molecule has 2 heterocycles. The van der Waals surface area contributed by atoms with Gasteiger partial charge >= 0.3 is 0 Å². The number of methoxy groups -OCH3 is 1. The van der Waals surface area contributed by atoms with E-state index in [1.807, 2.05) is 35.1 Å². The van der Waals surface area contributed by atoms with Crippen molar-refractivity contribution in [3.63, 3.8) is 0 Å². The van der Waals surface area contributed by atoms with Crippen LogP contribution in [0.5, 0.6) is 5.75 Å². The summed E-state index contributed by atoms with van der Waals surface area (Å²) in [6.07, 6.45) is 0. The Kier molecular flexibility index (Phi) is 5.31. The Hall–Kier alpha value is -3.92. The van der Waals surface area contributed by atoms with Gasteiger partial charge in [-0.3, -0.25) is 14.7 Å². The number of fused-ring (bicyclic) bond motifs is 1. The Labute approximate surface area is 183 Å². The van der Waals surface area contributed by atoms with E-state index in [9.17, 15) is 18.0 Å². The van der Waals surface area contributed by atoms with Crippen LogP contribution in [-0.4, -0.2) is 36.0 Å². The van der Waals surface area contributed by atoms with Gasteiger partial charge in [-0.25, -0.2) is 22.6 Å². The summed E-state index contributed by atoms with van der Waals surface area (Å²) >= 11 is 0. The summed E-state index contributed by atoms with van der Waals surface area (Å²) in [6, 6.07) is 15.3. The molecular weight excluding hydrogens is 432 g/mol. The summed E-state index contributed by atoms with van der Waals surface area (Å²) in [5.74, 6) is -1.00. The lowest BCUT2D eigenvalue weighted by Gasteiger charge is -2.11. The third-order valence-electron chi connectivity index (χ3n) is 5.02. The van der Waals surface area contributed by atoms with Crippen molar-refractivity contribution in [2.24, 2.45) is 0 Å². The van der Waals surface area contributed by atoms with E-state index < -0.39 is 21.5 Å². The Morgan fingerprint density at radius 3 is 2.41 bits per heavy atom. The van der Waals surface area contributed by atoms with Crippen molar-refractivity contribution in [3.8, 4) is 16.9 Å². The SMILES string of the molecule is COc1ccccc1S(=O)(=O)NC(=O)c1c(C)nc2c(-c3ccccc3)c(C)[nH]n2c1=O. The van der Waals surface area contributed by atoms with Gasteiger partial charge in [-0.1, -0.05) is 42.5 Å². The van der Waals surface area contributed by atoms with Crippen LogP contribution >= 0.6 is 0 Å². The maximum atomic E-state index is 13.1. The van der Waals surface area contributed by atoms with E-state index in [-0.39, 0.29) is 21.9 Å². The monoisotopic (exact) mass is 452 g/mol. The molecule has 0 atom stereocenters. The third kappa shape index (κ3) is 3.54. The third-order valence-corrected chi connectivity index (χ3v) is 6.39. The zero-order valence-electron chi connectivity index (χ0n) is 17.5. The molecule has 164 valence electrons. The topological polar surface area (TPSA) is 123 Å². The predicted molar refractivity (Wildman–Crippen MR) is 118 cm³/mol. The number of sulfonamides is 1. The Balaban J connectivity index is 1.80. The van der Waals surface area contributed by atoms with Crippen molar-refractivity contribution < 1.29 is 17.9 Å². The number of nitrogens with one attached hydrogen (secondary N) is 2. The minimum absolute atomic E-state index is 0.0716. The van der Waals surface area contributed by atoms with Gasteiger partial charge in [-0.2, -0.15) is 0 Å². The van der Waals surface area contributed by atoms with E-state index in [1.54, 1.807) is 13.0 Å². The van der Waals surface area contributed by atoms with Crippen molar-refractivity contribution in [3.05, 3.63) is 81.9 Å². The van der Waals surface area contributed by atoms with Gasteiger partial charge in [0.2, 0.25) is 0 Å². The maximum Gasteiger partial charge on any atom is 0.285 e. The molecule has 0 aliphatic rings. The fraction of sp³-hybridized carbons (Fsp3) is 0.136. The molecule has 10 heteroatoms. The first-order valence-electron chi connectivity index (χ1n) is 9.62. The number of nitrogens with zero attached hydrogens (tertiary/aromatic N) is 2. The number of hydrogen-bond acceptors (Lipinski definition) is 6. The summed E-state index contributed by atoms with van der Waals surface area (Å²) in [7, 11) is -2.97. The Bertz CT molecular complexity index is 1500. The second-order valence-corrected chi connectivity index (χ2v) is 8.75. The molecule has 0 bridgehead atoms. The lowest BCUT2D eigenvalue weighted by Crippen LogP contribution is -2.36. The number of aryl methyl sites for hydroxylation is 2. The van der Waals surface area contributed by atoms with Crippen LogP contribution in [0.3, 0.4) is 0 Å². The number of H-pyrrole nitrogens is 1. The van der Waals surface area contributed by atoms with Crippen LogP contribution in [0, 0.1) is 13.8 Å². The first-order valence-corrected chi connectivity index (χ1v) is 11.1. The quantitative estimate of drug-likeness (QED) is 0.480. The molecule has 2 aromatic heterocycles. The molecule has 1 amide bonds. The number of carbonyl (C=O) groups excluding carboxylic acids is 1. The highest BCUT2D eigenvalue weighted by molar-refractivity contribution is 7.90. The first-order chi connectivity index (χ1) is 15.2. The van der Waals surface area contributed by atoms with Crippen LogP contribution in [0.15, 0.2) is 64.3 Å². The van der Waals surface area contributed by atoms with Crippen LogP contribution in [0.1, 0.15) is 21.7 Å². The number of para-hydroxylation sites is 1. The highest BCUT2D eigenvalue weighted by atomic mass is 32.2. The smallest absolute Gasteiger partial charge is 0.285 e. The molecular formula is C22H20N4O5S. The van der Waals surface area contributed by atoms with Crippen LogP contribution in [-0.2, 0) is 10.0 Å². The Morgan fingerprint density at radius 2 is 1.72 bits per heavy atom. The fourth-order valence-corrected chi connectivity index (χ4v) is 4.70. The molecule has 4 aromatic rings. The van der Waals surface area contributed by atoms with Crippen molar-refractivity contribution in [2.45, 2.75) is 18.7 Å². The average Bonchev–Trinajstić information content (AvgIpc) is 3.10. The number of amides is 1. The van der Waals surface area contributed by atoms with E-state index in [1.165, 1.54) is 32.2 Å². The summed E-state index contributed by atoms with van der Waals surface area (Å²) in [5, 5.41) is 2.92. The van der Waals surface area contributed by atoms with E-state index in [2.05, 4.69) is 10.1 Å². The van der Waals surface area contributed by atoms with Gasteiger partial charge in [0.15, 0.2) is 5.65 Å². The van der Waals surface area contributed by atoms with Gasteiger partial charge in [0, 0.05) is 11.3 Å². The van der Waals surface area contributed by atoms with Gasteiger partial charge in [-0.05, 0) is 31.5 Å². The van der Waals surface area contributed by atoms with E-state index in [4.69, 9.17) is 4.74 Å². The van der Waals surface area contributed by atoms with Gasteiger partial charge in [0.1, 0.15) is 16.2 Å². The van der Waals surface area contributed by atoms with Crippen molar-refractivity contribution in [2.75, 3.05) is 7.11 Å². The second-order valence-electron chi connectivity index (χ2n) is 7.10. The molecule has 0 radical (unpaired) electrons. The molecule has 0 saturated carbocycles. The molecule has 2 N–H and O–H groups in total. The summed E-state index contributed by atoms with van der Waals surface area (Å²) < 4.78 is 33.7. The molecule has 0 aliphatic carbocycles. The number of benzene rings is 2. The molecule has 0 unspecified atom stereocenters. The molecule has 0 saturated heterocycles. The molecule has 0 fully saturated rings. The van der Waals surface area contributed by atoms with E-state index >= 15 is 0 Å². The summed E-state index contributed by atoms with van der Waals surface area (Å²) in [5.41, 5.74) is 1.64. The van der Waals surface area contributed by atoms with Gasteiger partial charge in [0.05, 0.1) is 12.8 Å². The predicted octanol–water partition coefficient (Wildman–Crippen LogP) is 2.43. The molecule has 0 spiro atoms. The zero-order chi connectivity index (χ0) is 23.0. The molecule has 4 rings (SSSR count). The molecule has 2 aromatic carbocycles. The van der Waals surface area contributed by atoms with Crippen molar-refractivity contribution in [1.82, 2.24) is 19.3 Å². The number of aromatic nitrogens is 3. The van der Waals surface area contributed by atoms with Gasteiger partial charge in [0.25, 0.3) is 21.5 Å². The fourth-order valence-electron chi connectivity index (χ4n) is 3.57.